The lowest BCUT2D eigenvalue weighted by Crippen LogP contribution is -1.91. The minimum atomic E-state index is 0.479. The lowest BCUT2D eigenvalue weighted by Gasteiger charge is -2.09. The van der Waals surface area contributed by atoms with E-state index in [2.05, 4.69) is 37.3 Å². The monoisotopic (exact) mass is 308 g/mol. The van der Waals surface area contributed by atoms with E-state index in [1.54, 1.807) is 0 Å². The minimum Gasteiger partial charge on any atom is -0.508 e. The molecule has 2 aromatic rings. The predicted octanol–water partition coefficient (Wildman–Crippen LogP) is 6.59. The largest absolute Gasteiger partial charge is 0.508 e. The van der Waals surface area contributed by atoms with Crippen molar-refractivity contribution in [1.82, 2.24) is 0 Å². The molecule has 3 rings (SSSR count). The lowest BCUT2D eigenvalue weighted by molar-refractivity contribution is 0.507. The first-order valence-corrected chi connectivity index (χ1v) is 9.24. The quantitative estimate of drug-likeness (QED) is 0.431. The van der Waals surface area contributed by atoms with E-state index in [0.29, 0.717) is 5.76 Å². The lowest BCUT2D eigenvalue weighted by atomic mass is 9.98. The molecule has 0 bridgehead atoms. The fraction of sp³-hybridized carbons (Fsp3) is 0.455. The van der Waals surface area contributed by atoms with Crippen molar-refractivity contribution in [2.75, 3.05) is 0 Å². The van der Waals surface area contributed by atoms with E-state index in [1.807, 2.05) is 6.08 Å². The van der Waals surface area contributed by atoms with Crippen molar-refractivity contribution in [3.63, 3.8) is 0 Å². The van der Waals surface area contributed by atoms with Crippen molar-refractivity contribution in [2.45, 2.75) is 64.7 Å². The summed E-state index contributed by atoms with van der Waals surface area (Å²) in [7, 11) is 0. The van der Waals surface area contributed by atoms with Gasteiger partial charge < -0.3 is 5.11 Å². The number of unbranched alkanes of at least 4 members (excludes halogenated alkanes) is 6. The fourth-order valence-corrected chi connectivity index (χ4v) is 3.78. The summed E-state index contributed by atoms with van der Waals surface area (Å²) in [4.78, 5) is 0. The summed E-state index contributed by atoms with van der Waals surface area (Å²) in [6.07, 6.45) is 13.0. The molecule has 1 aliphatic rings. The molecule has 0 saturated heterocycles. The number of aryl methyl sites for hydroxylation is 2. The first-order chi connectivity index (χ1) is 11.3. The molecule has 23 heavy (non-hydrogen) atoms. The van der Waals surface area contributed by atoms with Crippen LogP contribution >= 0.6 is 0 Å². The van der Waals surface area contributed by atoms with Gasteiger partial charge in [0, 0.05) is 5.56 Å². The molecule has 0 atom stereocenters. The molecule has 0 aromatic heterocycles. The summed E-state index contributed by atoms with van der Waals surface area (Å²) in [6, 6.07) is 10.8. The molecule has 1 heteroatoms. The van der Waals surface area contributed by atoms with Gasteiger partial charge in [-0.05, 0) is 53.7 Å². The summed E-state index contributed by atoms with van der Waals surface area (Å²) >= 11 is 0. The summed E-state index contributed by atoms with van der Waals surface area (Å²) in [5, 5.41) is 13.2. The third-order valence-corrected chi connectivity index (χ3v) is 5.06. The van der Waals surface area contributed by atoms with Gasteiger partial charge in [-0.1, -0.05) is 69.4 Å². The molecule has 1 nitrogen and oxygen atoms in total. The van der Waals surface area contributed by atoms with Gasteiger partial charge in [0.05, 0.1) is 0 Å². The van der Waals surface area contributed by atoms with Crippen LogP contribution in [0.5, 0.6) is 0 Å². The van der Waals surface area contributed by atoms with Crippen molar-refractivity contribution in [1.29, 1.82) is 0 Å². The fourth-order valence-electron chi connectivity index (χ4n) is 3.78. The molecule has 0 fully saturated rings. The van der Waals surface area contributed by atoms with Crippen LogP contribution in [-0.4, -0.2) is 5.11 Å². The molecular weight excluding hydrogens is 280 g/mol. The van der Waals surface area contributed by atoms with Gasteiger partial charge >= 0.3 is 0 Å². The maximum Gasteiger partial charge on any atom is 0.119 e. The highest BCUT2D eigenvalue weighted by Crippen LogP contribution is 2.35. The molecule has 0 heterocycles. The van der Waals surface area contributed by atoms with Crippen molar-refractivity contribution in [3.8, 4) is 0 Å². The van der Waals surface area contributed by atoms with Gasteiger partial charge in [-0.25, -0.2) is 0 Å². The number of hydrogen-bond donors (Lipinski definition) is 1. The molecule has 1 aliphatic carbocycles. The molecule has 1 N–H and O–H groups in total. The summed E-state index contributed by atoms with van der Waals surface area (Å²) in [5.41, 5.74) is 3.83. The number of hydrogen-bond acceptors (Lipinski definition) is 1. The van der Waals surface area contributed by atoms with Crippen LogP contribution in [0.25, 0.3) is 16.5 Å². The van der Waals surface area contributed by atoms with Crippen LogP contribution in [0.1, 0.15) is 68.6 Å². The van der Waals surface area contributed by atoms with Crippen LogP contribution < -0.4 is 0 Å². The molecule has 122 valence electrons. The number of aliphatic hydroxyl groups excluding tert-OH is 1. The standard InChI is InChI=1S/C22H28O/c1-2-3-4-5-6-7-8-12-21(23)19-15-13-17-10-9-11-18-14-16-20(19)22(17)18/h9-13,15,23H,2-8,14,16H2,1H3. The Morgan fingerprint density at radius 2 is 1.83 bits per heavy atom. The zero-order valence-electron chi connectivity index (χ0n) is 14.3. The van der Waals surface area contributed by atoms with Crippen LogP contribution in [0.2, 0.25) is 0 Å². The first-order valence-electron chi connectivity index (χ1n) is 9.24. The number of rotatable bonds is 8. The van der Waals surface area contributed by atoms with Crippen molar-refractivity contribution < 1.29 is 5.11 Å². The first kappa shape index (κ1) is 16.1. The molecule has 0 radical (unpaired) electrons. The highest BCUT2D eigenvalue weighted by Gasteiger charge is 2.18. The summed E-state index contributed by atoms with van der Waals surface area (Å²) in [6.45, 7) is 2.25. The highest BCUT2D eigenvalue weighted by molar-refractivity contribution is 5.94. The average Bonchev–Trinajstić information content (AvgIpc) is 3.00. The van der Waals surface area contributed by atoms with E-state index >= 15 is 0 Å². The zero-order chi connectivity index (χ0) is 16.1. The van der Waals surface area contributed by atoms with E-state index in [4.69, 9.17) is 0 Å². The predicted molar refractivity (Wildman–Crippen MR) is 100.0 cm³/mol. The van der Waals surface area contributed by atoms with E-state index in [1.165, 1.54) is 60.4 Å². The Bertz CT molecular complexity index is 696. The van der Waals surface area contributed by atoms with E-state index in [9.17, 15) is 5.11 Å². The summed E-state index contributed by atoms with van der Waals surface area (Å²) < 4.78 is 0. The number of aliphatic hydroxyl groups is 1. The van der Waals surface area contributed by atoms with Gasteiger partial charge in [0.1, 0.15) is 5.76 Å². The third kappa shape index (κ3) is 3.60. The second kappa shape index (κ2) is 7.68. The molecule has 0 amide bonds. The Labute approximate surface area is 140 Å². The molecule has 0 unspecified atom stereocenters. The molecular formula is C22H28O. The van der Waals surface area contributed by atoms with Crippen LogP contribution in [0.4, 0.5) is 0 Å². The maximum atomic E-state index is 10.5. The third-order valence-electron chi connectivity index (χ3n) is 5.06. The van der Waals surface area contributed by atoms with E-state index in [-0.39, 0.29) is 0 Å². The van der Waals surface area contributed by atoms with Crippen LogP contribution in [0.15, 0.2) is 36.4 Å². The smallest absolute Gasteiger partial charge is 0.119 e. The highest BCUT2D eigenvalue weighted by atomic mass is 16.3. The normalized spacial score (nSPS) is 13.9. The van der Waals surface area contributed by atoms with Gasteiger partial charge in [0.15, 0.2) is 0 Å². The van der Waals surface area contributed by atoms with Crippen LogP contribution in [-0.2, 0) is 12.8 Å². The Balaban J connectivity index is 1.66. The second-order valence-corrected chi connectivity index (χ2v) is 6.75. The van der Waals surface area contributed by atoms with Gasteiger partial charge in [0.2, 0.25) is 0 Å². The Kier molecular flexibility index (Phi) is 5.38. The summed E-state index contributed by atoms with van der Waals surface area (Å²) in [5.74, 6) is 0.479. The van der Waals surface area contributed by atoms with Crippen molar-refractivity contribution >= 4 is 16.5 Å². The Hall–Kier alpha value is -1.76. The van der Waals surface area contributed by atoms with Gasteiger partial charge in [-0.15, -0.1) is 0 Å². The van der Waals surface area contributed by atoms with Gasteiger partial charge in [0.25, 0.3) is 0 Å². The minimum absolute atomic E-state index is 0.479. The molecule has 2 aromatic carbocycles. The number of benzene rings is 2. The SMILES string of the molecule is CCCCCCCCC=C(O)c1ccc2cccc3c2c1CC3. The maximum absolute atomic E-state index is 10.5. The molecule has 0 saturated carbocycles. The average molecular weight is 308 g/mol. The Morgan fingerprint density at radius 3 is 2.70 bits per heavy atom. The Morgan fingerprint density at radius 1 is 1.00 bits per heavy atom. The molecule has 0 aliphatic heterocycles. The number of allylic oxidation sites excluding steroid dienone is 1. The molecule has 0 spiro atoms. The van der Waals surface area contributed by atoms with Crippen LogP contribution in [0, 0.1) is 0 Å². The zero-order valence-corrected chi connectivity index (χ0v) is 14.3. The van der Waals surface area contributed by atoms with Gasteiger partial charge in [-0.3, -0.25) is 0 Å². The van der Waals surface area contributed by atoms with Gasteiger partial charge in [-0.2, -0.15) is 0 Å². The van der Waals surface area contributed by atoms with E-state index in [0.717, 1.165) is 24.8 Å². The van der Waals surface area contributed by atoms with Crippen LogP contribution in [0.3, 0.4) is 0 Å². The van der Waals surface area contributed by atoms with Crippen molar-refractivity contribution in [2.24, 2.45) is 0 Å². The second-order valence-electron chi connectivity index (χ2n) is 6.75. The van der Waals surface area contributed by atoms with Crippen molar-refractivity contribution in [3.05, 3.63) is 53.1 Å². The van der Waals surface area contributed by atoms with E-state index < -0.39 is 0 Å². The topological polar surface area (TPSA) is 20.2 Å².